The molecule has 0 saturated carbocycles. The zero-order chi connectivity index (χ0) is 11.3. The molecule has 0 aliphatic heterocycles. The standard InChI is InChI=1S/C12H19NO2/c1-9(7-13)5-11-6-10(8-15-2)3-4-12(11)14/h3-4,6,9,14H,5,7-8,13H2,1-2H3. The minimum Gasteiger partial charge on any atom is -0.508 e. The SMILES string of the molecule is COCc1ccc(O)c(CC(C)CN)c1. The fraction of sp³-hybridized carbons (Fsp3) is 0.500. The second-order valence-corrected chi connectivity index (χ2v) is 3.94. The molecule has 1 unspecified atom stereocenters. The summed E-state index contributed by atoms with van der Waals surface area (Å²) in [4.78, 5) is 0. The van der Waals surface area contributed by atoms with E-state index in [1.807, 2.05) is 12.1 Å². The number of hydrogen-bond acceptors (Lipinski definition) is 3. The lowest BCUT2D eigenvalue weighted by atomic mass is 9.99. The van der Waals surface area contributed by atoms with Crippen molar-refractivity contribution in [3.8, 4) is 5.75 Å². The lowest BCUT2D eigenvalue weighted by molar-refractivity contribution is 0.184. The van der Waals surface area contributed by atoms with Crippen LogP contribution in [-0.4, -0.2) is 18.8 Å². The Balaban J connectivity index is 2.80. The summed E-state index contributed by atoms with van der Waals surface area (Å²) in [6, 6.07) is 5.56. The molecule has 0 heterocycles. The fourth-order valence-electron chi connectivity index (χ4n) is 1.52. The monoisotopic (exact) mass is 209 g/mol. The Morgan fingerprint density at radius 1 is 1.47 bits per heavy atom. The summed E-state index contributed by atoms with van der Waals surface area (Å²) >= 11 is 0. The quantitative estimate of drug-likeness (QED) is 0.775. The van der Waals surface area contributed by atoms with Crippen molar-refractivity contribution in [2.75, 3.05) is 13.7 Å². The van der Waals surface area contributed by atoms with Gasteiger partial charge in [-0.25, -0.2) is 0 Å². The molecule has 0 fully saturated rings. The number of phenols is 1. The van der Waals surface area contributed by atoms with E-state index < -0.39 is 0 Å². The van der Waals surface area contributed by atoms with Gasteiger partial charge in [0, 0.05) is 7.11 Å². The van der Waals surface area contributed by atoms with E-state index in [2.05, 4.69) is 6.92 Å². The first-order valence-corrected chi connectivity index (χ1v) is 5.17. The summed E-state index contributed by atoms with van der Waals surface area (Å²) in [6.07, 6.45) is 0.805. The average Bonchev–Trinajstić information content (AvgIpc) is 2.23. The van der Waals surface area contributed by atoms with E-state index in [1.54, 1.807) is 13.2 Å². The average molecular weight is 209 g/mol. The summed E-state index contributed by atoms with van der Waals surface area (Å²) < 4.78 is 5.05. The van der Waals surface area contributed by atoms with Gasteiger partial charge in [-0.1, -0.05) is 13.0 Å². The Morgan fingerprint density at radius 2 is 2.20 bits per heavy atom. The number of ether oxygens (including phenoxy) is 1. The zero-order valence-electron chi connectivity index (χ0n) is 9.36. The largest absolute Gasteiger partial charge is 0.508 e. The predicted molar refractivity (Wildman–Crippen MR) is 60.7 cm³/mol. The Bertz CT molecular complexity index is 312. The maximum absolute atomic E-state index is 9.67. The van der Waals surface area contributed by atoms with E-state index in [4.69, 9.17) is 10.5 Å². The van der Waals surface area contributed by atoms with Crippen LogP contribution in [0.4, 0.5) is 0 Å². The molecular weight excluding hydrogens is 190 g/mol. The number of hydrogen-bond donors (Lipinski definition) is 2. The second kappa shape index (κ2) is 5.73. The molecule has 3 heteroatoms. The van der Waals surface area contributed by atoms with Gasteiger partial charge in [0.15, 0.2) is 0 Å². The van der Waals surface area contributed by atoms with Crippen molar-refractivity contribution in [1.82, 2.24) is 0 Å². The molecule has 0 aromatic heterocycles. The van der Waals surface area contributed by atoms with Crippen LogP contribution in [0.3, 0.4) is 0 Å². The molecule has 3 N–H and O–H groups in total. The van der Waals surface area contributed by atoms with Gasteiger partial charge in [0.05, 0.1) is 6.61 Å². The van der Waals surface area contributed by atoms with Gasteiger partial charge in [0.25, 0.3) is 0 Å². The smallest absolute Gasteiger partial charge is 0.118 e. The van der Waals surface area contributed by atoms with Gasteiger partial charge < -0.3 is 15.6 Å². The number of methoxy groups -OCH3 is 1. The minimum atomic E-state index is 0.343. The summed E-state index contributed by atoms with van der Waals surface area (Å²) in [6.45, 7) is 3.28. The summed E-state index contributed by atoms with van der Waals surface area (Å²) in [5, 5.41) is 9.67. The first-order valence-electron chi connectivity index (χ1n) is 5.17. The van der Waals surface area contributed by atoms with Crippen LogP contribution in [-0.2, 0) is 17.8 Å². The normalized spacial score (nSPS) is 12.7. The Labute approximate surface area is 90.9 Å². The lowest BCUT2D eigenvalue weighted by Gasteiger charge is -2.11. The number of rotatable bonds is 5. The predicted octanol–water partition coefficient (Wildman–Crippen LogP) is 1.68. The highest BCUT2D eigenvalue weighted by Gasteiger charge is 2.07. The third-order valence-electron chi connectivity index (χ3n) is 2.43. The molecule has 84 valence electrons. The van der Waals surface area contributed by atoms with Crippen LogP contribution in [0.25, 0.3) is 0 Å². The molecule has 0 bridgehead atoms. The van der Waals surface area contributed by atoms with Gasteiger partial charge >= 0.3 is 0 Å². The Kier molecular flexibility index (Phi) is 4.59. The summed E-state index contributed by atoms with van der Waals surface area (Å²) in [5.74, 6) is 0.726. The van der Waals surface area contributed by atoms with Crippen LogP contribution in [0.1, 0.15) is 18.1 Å². The van der Waals surface area contributed by atoms with Crippen molar-refractivity contribution in [3.63, 3.8) is 0 Å². The van der Waals surface area contributed by atoms with Gasteiger partial charge in [-0.3, -0.25) is 0 Å². The number of aromatic hydroxyl groups is 1. The first kappa shape index (κ1) is 12.0. The van der Waals surface area contributed by atoms with E-state index >= 15 is 0 Å². The van der Waals surface area contributed by atoms with Gasteiger partial charge in [-0.05, 0) is 42.1 Å². The third-order valence-corrected chi connectivity index (χ3v) is 2.43. The molecule has 0 amide bonds. The molecule has 15 heavy (non-hydrogen) atoms. The molecule has 3 nitrogen and oxygen atoms in total. The Morgan fingerprint density at radius 3 is 2.80 bits per heavy atom. The molecule has 1 aromatic carbocycles. The van der Waals surface area contributed by atoms with Crippen LogP contribution in [0.15, 0.2) is 18.2 Å². The van der Waals surface area contributed by atoms with Gasteiger partial charge in [-0.2, -0.15) is 0 Å². The van der Waals surface area contributed by atoms with Crippen molar-refractivity contribution >= 4 is 0 Å². The maximum atomic E-state index is 9.67. The summed E-state index contributed by atoms with van der Waals surface area (Å²) in [7, 11) is 1.66. The molecule has 1 rings (SSSR count). The maximum Gasteiger partial charge on any atom is 0.118 e. The zero-order valence-corrected chi connectivity index (χ0v) is 9.36. The van der Waals surface area contributed by atoms with E-state index in [0.29, 0.717) is 24.8 Å². The van der Waals surface area contributed by atoms with Crippen molar-refractivity contribution in [3.05, 3.63) is 29.3 Å². The molecular formula is C12H19NO2. The van der Waals surface area contributed by atoms with Crippen molar-refractivity contribution in [2.45, 2.75) is 20.0 Å². The third kappa shape index (κ3) is 3.53. The van der Waals surface area contributed by atoms with E-state index in [9.17, 15) is 5.11 Å². The van der Waals surface area contributed by atoms with Crippen LogP contribution in [0.5, 0.6) is 5.75 Å². The minimum absolute atomic E-state index is 0.343. The van der Waals surface area contributed by atoms with Crippen LogP contribution >= 0.6 is 0 Å². The number of benzene rings is 1. The first-order chi connectivity index (χ1) is 7.17. The molecule has 0 aliphatic carbocycles. The molecule has 0 spiro atoms. The van der Waals surface area contributed by atoms with Crippen molar-refractivity contribution in [1.29, 1.82) is 0 Å². The molecule has 1 aromatic rings. The number of phenolic OH excluding ortho intramolecular Hbond substituents is 1. The lowest BCUT2D eigenvalue weighted by Crippen LogP contribution is -2.13. The number of nitrogens with two attached hydrogens (primary N) is 1. The second-order valence-electron chi connectivity index (χ2n) is 3.94. The molecule has 0 aliphatic rings. The van der Waals surface area contributed by atoms with Crippen molar-refractivity contribution < 1.29 is 9.84 Å². The highest BCUT2D eigenvalue weighted by molar-refractivity contribution is 5.36. The molecule has 1 atom stereocenters. The van der Waals surface area contributed by atoms with E-state index in [0.717, 1.165) is 17.5 Å². The van der Waals surface area contributed by atoms with E-state index in [1.165, 1.54) is 0 Å². The fourth-order valence-corrected chi connectivity index (χ4v) is 1.52. The van der Waals surface area contributed by atoms with Gasteiger partial charge in [0.2, 0.25) is 0 Å². The van der Waals surface area contributed by atoms with Crippen LogP contribution < -0.4 is 5.73 Å². The highest BCUT2D eigenvalue weighted by atomic mass is 16.5. The topological polar surface area (TPSA) is 55.5 Å². The van der Waals surface area contributed by atoms with Gasteiger partial charge in [0.1, 0.15) is 5.75 Å². The van der Waals surface area contributed by atoms with Gasteiger partial charge in [-0.15, -0.1) is 0 Å². The van der Waals surface area contributed by atoms with Crippen molar-refractivity contribution in [2.24, 2.45) is 11.7 Å². The molecule has 0 radical (unpaired) electrons. The summed E-state index contributed by atoms with van der Waals surface area (Å²) in [5.41, 5.74) is 7.59. The van der Waals surface area contributed by atoms with Crippen LogP contribution in [0.2, 0.25) is 0 Å². The van der Waals surface area contributed by atoms with E-state index in [-0.39, 0.29) is 0 Å². The Hall–Kier alpha value is -1.06. The highest BCUT2D eigenvalue weighted by Crippen LogP contribution is 2.21. The molecule has 0 saturated heterocycles. The van der Waals surface area contributed by atoms with Crippen LogP contribution in [0, 0.1) is 5.92 Å².